The SMILES string of the molecule is CN1CCC(c2c[nH]c3ccc(C(=O)NCCc4ccccc4)cc23)CC1.Cl. The second kappa shape index (κ2) is 9.26. The Morgan fingerprint density at radius 1 is 1.14 bits per heavy atom. The monoisotopic (exact) mass is 397 g/mol. The minimum Gasteiger partial charge on any atom is -0.361 e. The Kier molecular flexibility index (Phi) is 6.76. The highest BCUT2D eigenvalue weighted by Gasteiger charge is 2.21. The van der Waals surface area contributed by atoms with Crippen LogP contribution in [-0.2, 0) is 6.42 Å². The highest BCUT2D eigenvalue weighted by atomic mass is 35.5. The molecule has 0 saturated carbocycles. The lowest BCUT2D eigenvalue weighted by molar-refractivity contribution is 0.0954. The van der Waals surface area contributed by atoms with Crippen molar-refractivity contribution >= 4 is 29.2 Å². The molecule has 1 aliphatic rings. The largest absolute Gasteiger partial charge is 0.361 e. The van der Waals surface area contributed by atoms with Crippen molar-refractivity contribution in [3.8, 4) is 0 Å². The minimum atomic E-state index is 0. The number of nitrogens with zero attached hydrogens (tertiary/aromatic N) is 1. The third kappa shape index (κ3) is 4.57. The average molecular weight is 398 g/mol. The summed E-state index contributed by atoms with van der Waals surface area (Å²) < 4.78 is 0. The molecule has 0 spiro atoms. The third-order valence-electron chi connectivity index (χ3n) is 5.68. The maximum Gasteiger partial charge on any atom is 0.251 e. The van der Waals surface area contributed by atoms with Gasteiger partial charge in [-0.2, -0.15) is 0 Å². The van der Waals surface area contributed by atoms with E-state index in [0.717, 1.165) is 30.6 Å². The van der Waals surface area contributed by atoms with Crippen molar-refractivity contribution in [2.75, 3.05) is 26.7 Å². The summed E-state index contributed by atoms with van der Waals surface area (Å²) in [6, 6.07) is 16.2. The second-order valence-corrected chi connectivity index (χ2v) is 7.57. The van der Waals surface area contributed by atoms with Crippen molar-refractivity contribution in [2.24, 2.45) is 0 Å². The topological polar surface area (TPSA) is 48.1 Å². The number of carbonyl (C=O) groups is 1. The van der Waals surface area contributed by atoms with E-state index in [1.165, 1.54) is 29.4 Å². The van der Waals surface area contributed by atoms with Crippen LogP contribution in [0, 0.1) is 0 Å². The van der Waals surface area contributed by atoms with E-state index in [1.807, 2.05) is 30.3 Å². The summed E-state index contributed by atoms with van der Waals surface area (Å²) in [5.74, 6) is 0.578. The molecule has 4 rings (SSSR count). The number of amides is 1. The van der Waals surface area contributed by atoms with Crippen LogP contribution in [-0.4, -0.2) is 42.5 Å². The highest BCUT2D eigenvalue weighted by molar-refractivity contribution is 5.98. The summed E-state index contributed by atoms with van der Waals surface area (Å²) >= 11 is 0. The first-order chi connectivity index (χ1) is 13.2. The second-order valence-electron chi connectivity index (χ2n) is 7.57. The van der Waals surface area contributed by atoms with Gasteiger partial charge in [-0.25, -0.2) is 0 Å². The molecule has 0 atom stereocenters. The molecular weight excluding hydrogens is 370 g/mol. The number of rotatable bonds is 5. The minimum absolute atomic E-state index is 0. The fourth-order valence-electron chi connectivity index (χ4n) is 4.01. The molecule has 148 valence electrons. The fraction of sp³-hybridized carbons (Fsp3) is 0.348. The molecule has 1 aromatic heterocycles. The maximum absolute atomic E-state index is 12.6. The molecule has 5 heteroatoms. The zero-order valence-electron chi connectivity index (χ0n) is 16.3. The first-order valence-electron chi connectivity index (χ1n) is 9.82. The van der Waals surface area contributed by atoms with Crippen molar-refractivity contribution < 1.29 is 4.79 Å². The molecule has 2 aromatic carbocycles. The van der Waals surface area contributed by atoms with Crippen LogP contribution >= 0.6 is 12.4 Å². The summed E-state index contributed by atoms with van der Waals surface area (Å²) in [7, 11) is 2.18. The summed E-state index contributed by atoms with van der Waals surface area (Å²) in [4.78, 5) is 18.4. The van der Waals surface area contributed by atoms with Crippen molar-refractivity contribution in [3.63, 3.8) is 0 Å². The predicted molar refractivity (Wildman–Crippen MR) is 117 cm³/mol. The molecule has 28 heavy (non-hydrogen) atoms. The number of hydrogen-bond acceptors (Lipinski definition) is 2. The van der Waals surface area contributed by atoms with E-state index in [9.17, 15) is 4.79 Å². The van der Waals surface area contributed by atoms with Crippen molar-refractivity contribution in [3.05, 3.63) is 71.4 Å². The first-order valence-corrected chi connectivity index (χ1v) is 9.82. The van der Waals surface area contributed by atoms with Gasteiger partial charge in [0.1, 0.15) is 0 Å². The quantitative estimate of drug-likeness (QED) is 0.671. The van der Waals surface area contributed by atoms with Crippen LogP contribution in [0.2, 0.25) is 0 Å². The number of likely N-dealkylation sites (tertiary alicyclic amines) is 1. The van der Waals surface area contributed by atoms with Crippen LogP contribution in [0.15, 0.2) is 54.7 Å². The number of benzene rings is 2. The maximum atomic E-state index is 12.6. The van der Waals surface area contributed by atoms with Gasteiger partial charge in [-0.15, -0.1) is 12.4 Å². The Morgan fingerprint density at radius 2 is 1.89 bits per heavy atom. The number of nitrogens with one attached hydrogen (secondary N) is 2. The number of aromatic amines is 1. The Morgan fingerprint density at radius 3 is 2.64 bits per heavy atom. The Labute approximate surface area is 172 Å². The van der Waals surface area contributed by atoms with E-state index < -0.39 is 0 Å². The lowest BCUT2D eigenvalue weighted by Crippen LogP contribution is -2.29. The molecule has 1 saturated heterocycles. The van der Waals surface area contributed by atoms with E-state index >= 15 is 0 Å². The molecule has 0 aliphatic carbocycles. The molecule has 0 bridgehead atoms. The molecule has 1 aliphatic heterocycles. The van der Waals surface area contributed by atoms with Crippen LogP contribution in [0.3, 0.4) is 0 Å². The lowest BCUT2D eigenvalue weighted by Gasteiger charge is -2.28. The zero-order valence-corrected chi connectivity index (χ0v) is 17.1. The van der Waals surface area contributed by atoms with Gasteiger partial charge < -0.3 is 15.2 Å². The van der Waals surface area contributed by atoms with E-state index in [4.69, 9.17) is 0 Å². The van der Waals surface area contributed by atoms with Gasteiger partial charge in [-0.3, -0.25) is 4.79 Å². The van der Waals surface area contributed by atoms with Crippen molar-refractivity contribution in [1.29, 1.82) is 0 Å². The van der Waals surface area contributed by atoms with Gasteiger partial charge >= 0.3 is 0 Å². The van der Waals surface area contributed by atoms with Crippen LogP contribution in [0.1, 0.15) is 40.2 Å². The Hall–Kier alpha value is -2.30. The molecule has 4 nitrogen and oxygen atoms in total. The summed E-state index contributed by atoms with van der Waals surface area (Å²) in [5, 5.41) is 4.25. The van der Waals surface area contributed by atoms with Crippen molar-refractivity contribution in [2.45, 2.75) is 25.2 Å². The lowest BCUT2D eigenvalue weighted by atomic mass is 9.89. The van der Waals surface area contributed by atoms with E-state index in [1.54, 1.807) is 0 Å². The molecule has 2 N–H and O–H groups in total. The Balaban J connectivity index is 0.00000225. The zero-order chi connectivity index (χ0) is 18.6. The summed E-state index contributed by atoms with van der Waals surface area (Å²) in [6.07, 6.45) is 5.34. The van der Waals surface area contributed by atoms with Gasteiger partial charge in [0.15, 0.2) is 0 Å². The molecular formula is C23H28ClN3O. The number of fused-ring (bicyclic) bond motifs is 1. The molecule has 0 radical (unpaired) electrons. The van der Waals surface area contributed by atoms with Gasteiger partial charge in [-0.05, 0) is 74.6 Å². The molecule has 3 aromatic rings. The van der Waals surface area contributed by atoms with Gasteiger partial charge in [0.05, 0.1) is 0 Å². The number of piperidine rings is 1. The van der Waals surface area contributed by atoms with E-state index in [0.29, 0.717) is 12.5 Å². The van der Waals surface area contributed by atoms with Crippen LogP contribution in [0.25, 0.3) is 10.9 Å². The third-order valence-corrected chi connectivity index (χ3v) is 5.68. The smallest absolute Gasteiger partial charge is 0.251 e. The first kappa shape index (κ1) is 20.4. The van der Waals surface area contributed by atoms with Gasteiger partial charge in [0.25, 0.3) is 5.91 Å². The number of carbonyl (C=O) groups excluding carboxylic acids is 1. The number of aromatic nitrogens is 1. The van der Waals surface area contributed by atoms with Crippen molar-refractivity contribution in [1.82, 2.24) is 15.2 Å². The standard InChI is InChI=1S/C23H27N3O.ClH/c1-26-13-10-18(11-14-26)21-16-25-22-8-7-19(15-20(21)22)23(27)24-12-9-17-5-3-2-4-6-17;/h2-8,15-16,18,25H,9-14H2,1H3,(H,24,27);1H. The van der Waals surface area contributed by atoms with E-state index in [-0.39, 0.29) is 18.3 Å². The Bertz CT molecular complexity index is 914. The molecule has 1 fully saturated rings. The highest BCUT2D eigenvalue weighted by Crippen LogP contribution is 2.33. The fourth-order valence-corrected chi connectivity index (χ4v) is 4.01. The number of halogens is 1. The van der Waals surface area contributed by atoms with Crippen LogP contribution in [0.5, 0.6) is 0 Å². The van der Waals surface area contributed by atoms with Crippen LogP contribution in [0.4, 0.5) is 0 Å². The number of hydrogen-bond donors (Lipinski definition) is 2. The summed E-state index contributed by atoms with van der Waals surface area (Å²) in [5.41, 5.74) is 4.45. The molecule has 0 unspecified atom stereocenters. The van der Waals surface area contributed by atoms with Crippen LogP contribution < -0.4 is 5.32 Å². The van der Waals surface area contributed by atoms with Gasteiger partial charge in [-0.1, -0.05) is 30.3 Å². The predicted octanol–water partition coefficient (Wildman–Crippen LogP) is 4.37. The van der Waals surface area contributed by atoms with Gasteiger partial charge in [0, 0.05) is 29.2 Å². The van der Waals surface area contributed by atoms with E-state index in [2.05, 4.69) is 46.6 Å². The molecule has 2 heterocycles. The average Bonchev–Trinajstić information content (AvgIpc) is 3.12. The van der Waals surface area contributed by atoms with Gasteiger partial charge in [0.2, 0.25) is 0 Å². The normalized spacial score (nSPS) is 15.3. The molecule has 1 amide bonds. The summed E-state index contributed by atoms with van der Waals surface area (Å²) in [6.45, 7) is 2.92. The number of H-pyrrole nitrogens is 1.